The lowest BCUT2D eigenvalue weighted by Crippen LogP contribution is -2.21. The third-order valence-corrected chi connectivity index (χ3v) is 1.93. The topological polar surface area (TPSA) is 57.8 Å². The van der Waals surface area contributed by atoms with Gasteiger partial charge < -0.3 is 5.32 Å². The molecule has 1 aromatic heterocycles. The van der Waals surface area contributed by atoms with Crippen LogP contribution in [0.5, 0.6) is 0 Å². The van der Waals surface area contributed by atoms with E-state index in [-0.39, 0.29) is 5.91 Å². The van der Waals surface area contributed by atoms with E-state index in [1.807, 2.05) is 12.4 Å². The van der Waals surface area contributed by atoms with Crippen molar-refractivity contribution in [2.45, 2.75) is 19.3 Å². The molecule has 0 saturated heterocycles. The molecule has 76 valence electrons. The molecule has 1 aromatic rings. The van der Waals surface area contributed by atoms with Crippen molar-refractivity contribution in [3.05, 3.63) is 30.6 Å². The lowest BCUT2D eigenvalue weighted by atomic mass is 10.1. The molecule has 0 radical (unpaired) electrons. The molecule has 1 rings (SSSR count). The van der Waals surface area contributed by atoms with Crippen molar-refractivity contribution < 1.29 is 4.79 Å². The normalized spacial score (nSPS) is 9.71. The van der Waals surface area contributed by atoms with Gasteiger partial charge in [-0.1, -0.05) is 6.58 Å². The lowest BCUT2D eigenvalue weighted by molar-refractivity contribution is -0.116. The number of hydrogen-bond acceptors (Lipinski definition) is 2. The second kappa shape index (κ2) is 5.96. The van der Waals surface area contributed by atoms with E-state index >= 15 is 0 Å². The van der Waals surface area contributed by atoms with E-state index in [2.05, 4.69) is 22.1 Å². The highest BCUT2D eigenvalue weighted by Gasteiger charge is 1.95. The van der Waals surface area contributed by atoms with E-state index in [9.17, 15) is 4.79 Å². The SMILES string of the molecule is C=CC(=O)NCCCCc1cn[nH]c1. The highest BCUT2D eigenvalue weighted by Crippen LogP contribution is 2.00. The molecular formula is C10H15N3O. The van der Waals surface area contributed by atoms with Crippen molar-refractivity contribution in [2.75, 3.05) is 6.54 Å². The number of unbranched alkanes of at least 4 members (excludes halogenated alkanes) is 1. The molecule has 0 fully saturated rings. The quantitative estimate of drug-likeness (QED) is 0.523. The molecule has 0 atom stereocenters. The van der Waals surface area contributed by atoms with Crippen LogP contribution in [0.15, 0.2) is 25.0 Å². The van der Waals surface area contributed by atoms with Crippen LogP contribution in [0.25, 0.3) is 0 Å². The number of aryl methyl sites for hydroxylation is 1. The maximum Gasteiger partial charge on any atom is 0.243 e. The summed E-state index contributed by atoms with van der Waals surface area (Å²) in [7, 11) is 0. The number of rotatable bonds is 6. The lowest BCUT2D eigenvalue weighted by Gasteiger charge is -2.00. The van der Waals surface area contributed by atoms with E-state index in [1.54, 1.807) is 0 Å². The Balaban J connectivity index is 2.00. The minimum atomic E-state index is -0.103. The van der Waals surface area contributed by atoms with Crippen molar-refractivity contribution in [2.24, 2.45) is 0 Å². The zero-order valence-electron chi connectivity index (χ0n) is 8.12. The van der Waals surface area contributed by atoms with Crippen LogP contribution in [-0.2, 0) is 11.2 Å². The number of amides is 1. The summed E-state index contributed by atoms with van der Waals surface area (Å²) in [6.45, 7) is 4.09. The first-order valence-corrected chi connectivity index (χ1v) is 4.71. The van der Waals surface area contributed by atoms with Crippen LogP contribution >= 0.6 is 0 Å². The Kier molecular flexibility index (Phi) is 4.47. The molecule has 0 aliphatic rings. The fraction of sp³-hybridized carbons (Fsp3) is 0.400. The van der Waals surface area contributed by atoms with Crippen molar-refractivity contribution in [3.8, 4) is 0 Å². The highest BCUT2D eigenvalue weighted by atomic mass is 16.1. The molecule has 4 heteroatoms. The monoisotopic (exact) mass is 193 g/mol. The van der Waals surface area contributed by atoms with Crippen molar-refractivity contribution in [1.82, 2.24) is 15.5 Å². The second-order valence-electron chi connectivity index (χ2n) is 3.06. The molecule has 0 bridgehead atoms. The second-order valence-corrected chi connectivity index (χ2v) is 3.06. The smallest absolute Gasteiger partial charge is 0.243 e. The molecule has 1 amide bonds. The summed E-state index contributed by atoms with van der Waals surface area (Å²) in [6, 6.07) is 0. The predicted molar refractivity (Wildman–Crippen MR) is 54.7 cm³/mol. The van der Waals surface area contributed by atoms with Gasteiger partial charge in [-0.2, -0.15) is 5.10 Å². The van der Waals surface area contributed by atoms with E-state index in [0.717, 1.165) is 19.3 Å². The summed E-state index contributed by atoms with van der Waals surface area (Å²) in [5.74, 6) is -0.103. The maximum atomic E-state index is 10.8. The fourth-order valence-electron chi connectivity index (χ4n) is 1.15. The van der Waals surface area contributed by atoms with Gasteiger partial charge in [0.1, 0.15) is 0 Å². The summed E-state index contributed by atoms with van der Waals surface area (Å²) in [6.07, 6.45) is 8.03. The third-order valence-electron chi connectivity index (χ3n) is 1.93. The van der Waals surface area contributed by atoms with Crippen LogP contribution < -0.4 is 5.32 Å². The van der Waals surface area contributed by atoms with Gasteiger partial charge in [0.25, 0.3) is 0 Å². The Morgan fingerprint density at radius 1 is 1.64 bits per heavy atom. The minimum Gasteiger partial charge on any atom is -0.353 e. The molecule has 14 heavy (non-hydrogen) atoms. The number of aromatic amines is 1. The zero-order valence-corrected chi connectivity index (χ0v) is 8.12. The molecule has 0 spiro atoms. The van der Waals surface area contributed by atoms with Crippen LogP contribution in [0, 0.1) is 0 Å². The predicted octanol–water partition coefficient (Wildman–Crippen LogP) is 1.03. The van der Waals surface area contributed by atoms with Gasteiger partial charge in [0, 0.05) is 12.7 Å². The van der Waals surface area contributed by atoms with Gasteiger partial charge in [-0.05, 0) is 30.9 Å². The molecular weight excluding hydrogens is 178 g/mol. The molecule has 0 aliphatic carbocycles. The van der Waals surface area contributed by atoms with Gasteiger partial charge in [-0.25, -0.2) is 0 Å². The van der Waals surface area contributed by atoms with Gasteiger partial charge in [-0.3, -0.25) is 9.89 Å². The van der Waals surface area contributed by atoms with Gasteiger partial charge >= 0.3 is 0 Å². The zero-order chi connectivity index (χ0) is 10.2. The number of carbonyl (C=O) groups is 1. The maximum absolute atomic E-state index is 10.8. The molecule has 0 saturated carbocycles. The van der Waals surface area contributed by atoms with Gasteiger partial charge in [-0.15, -0.1) is 0 Å². The van der Waals surface area contributed by atoms with Gasteiger partial charge in [0.2, 0.25) is 5.91 Å². The molecule has 4 nitrogen and oxygen atoms in total. The fourth-order valence-corrected chi connectivity index (χ4v) is 1.15. The number of carbonyl (C=O) groups excluding carboxylic acids is 1. The summed E-state index contributed by atoms with van der Waals surface area (Å²) in [5.41, 5.74) is 1.21. The first kappa shape index (κ1) is 10.5. The summed E-state index contributed by atoms with van der Waals surface area (Å²) in [4.78, 5) is 10.8. The minimum absolute atomic E-state index is 0.103. The third kappa shape index (κ3) is 3.89. The number of hydrogen-bond donors (Lipinski definition) is 2. The first-order chi connectivity index (χ1) is 6.83. The number of nitrogens with one attached hydrogen (secondary N) is 2. The Labute approximate surface area is 83.4 Å². The Morgan fingerprint density at radius 2 is 2.50 bits per heavy atom. The Hall–Kier alpha value is -1.58. The summed E-state index contributed by atoms with van der Waals surface area (Å²) >= 11 is 0. The summed E-state index contributed by atoms with van der Waals surface area (Å²) in [5, 5.41) is 9.35. The van der Waals surface area contributed by atoms with E-state index < -0.39 is 0 Å². The highest BCUT2D eigenvalue weighted by molar-refractivity contribution is 5.86. The average molecular weight is 193 g/mol. The Morgan fingerprint density at radius 3 is 3.14 bits per heavy atom. The molecule has 2 N–H and O–H groups in total. The van der Waals surface area contributed by atoms with Crippen LogP contribution in [0.1, 0.15) is 18.4 Å². The van der Waals surface area contributed by atoms with Crippen LogP contribution in [-0.4, -0.2) is 22.6 Å². The van der Waals surface area contributed by atoms with Crippen molar-refractivity contribution in [1.29, 1.82) is 0 Å². The average Bonchev–Trinajstić information content (AvgIpc) is 2.69. The number of H-pyrrole nitrogens is 1. The molecule has 1 heterocycles. The van der Waals surface area contributed by atoms with Crippen molar-refractivity contribution >= 4 is 5.91 Å². The molecule has 0 unspecified atom stereocenters. The van der Waals surface area contributed by atoms with Crippen LogP contribution in [0.2, 0.25) is 0 Å². The first-order valence-electron chi connectivity index (χ1n) is 4.71. The number of nitrogens with zero attached hydrogens (tertiary/aromatic N) is 1. The van der Waals surface area contributed by atoms with E-state index in [1.165, 1.54) is 11.6 Å². The summed E-state index contributed by atoms with van der Waals surface area (Å²) < 4.78 is 0. The molecule has 0 aliphatic heterocycles. The van der Waals surface area contributed by atoms with E-state index in [0.29, 0.717) is 6.54 Å². The standard InChI is InChI=1S/C10H15N3O/c1-2-10(14)11-6-4-3-5-9-7-12-13-8-9/h2,7-8H,1,3-6H2,(H,11,14)(H,12,13). The van der Waals surface area contributed by atoms with Crippen LogP contribution in [0.4, 0.5) is 0 Å². The number of aromatic nitrogens is 2. The van der Waals surface area contributed by atoms with Crippen LogP contribution in [0.3, 0.4) is 0 Å². The van der Waals surface area contributed by atoms with Gasteiger partial charge in [0.15, 0.2) is 0 Å². The Bertz CT molecular complexity index is 280. The van der Waals surface area contributed by atoms with Gasteiger partial charge in [0.05, 0.1) is 6.20 Å². The van der Waals surface area contributed by atoms with E-state index in [4.69, 9.17) is 0 Å². The van der Waals surface area contributed by atoms with Crippen molar-refractivity contribution in [3.63, 3.8) is 0 Å². The largest absolute Gasteiger partial charge is 0.353 e. The molecule has 0 aromatic carbocycles.